The summed E-state index contributed by atoms with van der Waals surface area (Å²) in [6.07, 6.45) is 7.45. The lowest BCUT2D eigenvalue weighted by Crippen LogP contribution is -2.47. The molecule has 0 saturated heterocycles. The average Bonchev–Trinajstić information content (AvgIpc) is 2.16. The fraction of sp³-hybridized carbons (Fsp3) is 0.857. The molecule has 0 spiro atoms. The van der Waals surface area contributed by atoms with Gasteiger partial charge in [0.1, 0.15) is 0 Å². The first-order valence-corrected chi connectivity index (χ1v) is 7.71. The van der Waals surface area contributed by atoms with E-state index in [1.165, 1.54) is 19.3 Å². The van der Waals surface area contributed by atoms with Gasteiger partial charge in [-0.2, -0.15) is 0 Å². The molecule has 0 aromatic carbocycles. The summed E-state index contributed by atoms with van der Waals surface area (Å²) < 4.78 is 15.2. The highest BCUT2D eigenvalue weighted by Crippen LogP contribution is 2.22. The lowest BCUT2D eigenvalue weighted by atomic mass is 9.92. The van der Waals surface area contributed by atoms with Gasteiger partial charge in [0.2, 0.25) is 0 Å². The smallest absolute Gasteiger partial charge is 0.0975 e. The van der Waals surface area contributed by atoms with Gasteiger partial charge in [-0.3, -0.25) is 0 Å². The molecular formula is C14H29NOS. The topological polar surface area (TPSA) is 29.1 Å². The van der Waals surface area contributed by atoms with Crippen LogP contribution in [-0.4, -0.2) is 14.5 Å². The Balaban J connectivity index is 4.49. The molecule has 0 radical (unpaired) electrons. The maximum absolute atomic E-state index is 12.2. The third-order valence-electron chi connectivity index (χ3n) is 2.82. The van der Waals surface area contributed by atoms with Crippen molar-refractivity contribution in [3.05, 3.63) is 12.7 Å². The predicted octanol–water partition coefficient (Wildman–Crippen LogP) is 3.95. The van der Waals surface area contributed by atoms with Gasteiger partial charge < -0.3 is 0 Å². The number of hydrogen-bond donors (Lipinski definition) is 1. The first-order valence-electron chi connectivity index (χ1n) is 6.56. The van der Waals surface area contributed by atoms with Gasteiger partial charge in [0.15, 0.2) is 0 Å². The lowest BCUT2D eigenvalue weighted by molar-refractivity contribution is 0.379. The number of nitrogens with one attached hydrogen (secondary N) is 1. The second-order valence-electron chi connectivity index (χ2n) is 5.99. The average molecular weight is 259 g/mol. The molecule has 2 atom stereocenters. The molecule has 0 aromatic heterocycles. The van der Waals surface area contributed by atoms with Gasteiger partial charge in [0.25, 0.3) is 0 Å². The van der Waals surface area contributed by atoms with Crippen LogP contribution in [0.3, 0.4) is 0 Å². The zero-order valence-electron chi connectivity index (χ0n) is 12.1. The lowest BCUT2D eigenvalue weighted by Gasteiger charge is -2.32. The zero-order valence-corrected chi connectivity index (χ0v) is 13.0. The van der Waals surface area contributed by atoms with Gasteiger partial charge in [-0.1, -0.05) is 32.3 Å². The number of unbranched alkanes of at least 4 members (excludes halogenated alkanes) is 2. The molecule has 0 aliphatic heterocycles. The minimum Gasteiger partial charge on any atom is -0.242 e. The summed E-state index contributed by atoms with van der Waals surface area (Å²) in [6.45, 7) is 14.1. The van der Waals surface area contributed by atoms with Gasteiger partial charge >= 0.3 is 0 Å². The summed E-state index contributed by atoms with van der Waals surface area (Å²) in [7, 11) is -1.01. The van der Waals surface area contributed by atoms with Crippen molar-refractivity contribution in [2.75, 3.05) is 0 Å². The van der Waals surface area contributed by atoms with Gasteiger partial charge in [-0.05, 0) is 40.5 Å². The van der Waals surface area contributed by atoms with Gasteiger partial charge in [-0.15, -0.1) is 6.58 Å². The Labute approximate surface area is 110 Å². The molecule has 0 saturated carbocycles. The summed E-state index contributed by atoms with van der Waals surface area (Å²) in [4.78, 5) is 0. The quantitative estimate of drug-likeness (QED) is 0.519. The Morgan fingerprint density at radius 2 is 1.82 bits per heavy atom. The molecule has 0 aromatic rings. The Kier molecular flexibility index (Phi) is 7.26. The van der Waals surface area contributed by atoms with Crippen molar-refractivity contribution >= 4 is 11.0 Å². The van der Waals surface area contributed by atoms with Crippen molar-refractivity contribution in [1.29, 1.82) is 0 Å². The van der Waals surface area contributed by atoms with E-state index in [0.717, 1.165) is 12.8 Å². The predicted molar refractivity (Wildman–Crippen MR) is 78.4 cm³/mol. The van der Waals surface area contributed by atoms with Crippen LogP contribution in [0.2, 0.25) is 0 Å². The molecule has 17 heavy (non-hydrogen) atoms. The Morgan fingerprint density at radius 1 is 1.24 bits per heavy atom. The molecule has 3 heteroatoms. The number of rotatable bonds is 8. The highest BCUT2D eigenvalue weighted by atomic mass is 32.2. The summed E-state index contributed by atoms with van der Waals surface area (Å²) in [5, 5.41) is 0. The minimum absolute atomic E-state index is 0.0882. The zero-order chi connectivity index (χ0) is 13.5. The summed E-state index contributed by atoms with van der Waals surface area (Å²) in [5.41, 5.74) is -0.0882. The van der Waals surface area contributed by atoms with Gasteiger partial charge in [0.05, 0.1) is 15.7 Å². The molecule has 0 fully saturated rings. The molecule has 102 valence electrons. The second-order valence-corrected chi connectivity index (χ2v) is 7.96. The fourth-order valence-electron chi connectivity index (χ4n) is 1.66. The first-order chi connectivity index (χ1) is 7.75. The van der Waals surface area contributed by atoms with Crippen LogP contribution in [0.25, 0.3) is 0 Å². The van der Waals surface area contributed by atoms with Crippen molar-refractivity contribution in [3.8, 4) is 0 Å². The Morgan fingerprint density at radius 3 is 2.24 bits per heavy atom. The van der Waals surface area contributed by atoms with Crippen molar-refractivity contribution < 1.29 is 4.21 Å². The van der Waals surface area contributed by atoms with Crippen LogP contribution in [0.15, 0.2) is 12.7 Å². The van der Waals surface area contributed by atoms with Crippen LogP contribution >= 0.6 is 0 Å². The van der Waals surface area contributed by atoms with Gasteiger partial charge in [-0.25, -0.2) is 8.93 Å². The standard InChI is InChI=1S/C14H29NOS/c1-7-9-10-12-14(6,11-8-2)15-17(16)13(3,4)5/h8,15H,2,7,9-12H2,1,3-6H3. The summed E-state index contributed by atoms with van der Waals surface area (Å²) in [6, 6.07) is 0. The van der Waals surface area contributed by atoms with E-state index < -0.39 is 11.0 Å². The largest absolute Gasteiger partial charge is 0.242 e. The molecule has 2 unspecified atom stereocenters. The molecule has 0 heterocycles. The van der Waals surface area contributed by atoms with Crippen LogP contribution in [0.4, 0.5) is 0 Å². The normalized spacial score (nSPS) is 17.5. The number of hydrogen-bond acceptors (Lipinski definition) is 1. The van der Waals surface area contributed by atoms with E-state index in [2.05, 4.69) is 25.1 Å². The van der Waals surface area contributed by atoms with E-state index in [1.54, 1.807) is 0 Å². The molecule has 0 aliphatic carbocycles. The third-order valence-corrected chi connectivity index (χ3v) is 4.61. The van der Waals surface area contributed by atoms with Crippen molar-refractivity contribution in [2.24, 2.45) is 0 Å². The van der Waals surface area contributed by atoms with E-state index in [9.17, 15) is 4.21 Å². The monoisotopic (exact) mass is 259 g/mol. The third kappa shape index (κ3) is 6.99. The SMILES string of the molecule is C=CCC(C)(CCCCC)NS(=O)C(C)(C)C. The summed E-state index contributed by atoms with van der Waals surface area (Å²) in [5.74, 6) is 0. The maximum Gasteiger partial charge on any atom is 0.0975 e. The minimum atomic E-state index is -1.01. The Hall–Kier alpha value is -0.150. The van der Waals surface area contributed by atoms with Crippen LogP contribution in [0, 0.1) is 0 Å². The summed E-state index contributed by atoms with van der Waals surface area (Å²) >= 11 is 0. The van der Waals surface area contributed by atoms with Crippen LogP contribution in [0.5, 0.6) is 0 Å². The van der Waals surface area contributed by atoms with Crippen LogP contribution < -0.4 is 4.72 Å². The van der Waals surface area contributed by atoms with Gasteiger partial charge in [0, 0.05) is 5.54 Å². The van der Waals surface area contributed by atoms with E-state index in [-0.39, 0.29) is 10.3 Å². The molecule has 0 aliphatic rings. The van der Waals surface area contributed by atoms with Crippen molar-refractivity contribution in [2.45, 2.75) is 77.0 Å². The van der Waals surface area contributed by atoms with Crippen molar-refractivity contribution in [3.63, 3.8) is 0 Å². The molecular weight excluding hydrogens is 230 g/mol. The van der Waals surface area contributed by atoms with E-state index in [0.29, 0.717) is 0 Å². The van der Waals surface area contributed by atoms with E-state index >= 15 is 0 Å². The molecule has 0 amide bonds. The van der Waals surface area contributed by atoms with Crippen LogP contribution in [-0.2, 0) is 11.0 Å². The van der Waals surface area contributed by atoms with E-state index in [1.807, 2.05) is 26.8 Å². The molecule has 0 rings (SSSR count). The molecule has 1 N–H and O–H groups in total. The second kappa shape index (κ2) is 7.32. The van der Waals surface area contributed by atoms with Crippen molar-refractivity contribution in [1.82, 2.24) is 4.72 Å². The fourth-order valence-corrected chi connectivity index (χ4v) is 2.59. The maximum atomic E-state index is 12.2. The molecule has 0 bridgehead atoms. The Bertz CT molecular complexity index is 257. The van der Waals surface area contributed by atoms with Crippen LogP contribution in [0.1, 0.15) is 66.7 Å². The first kappa shape index (κ1) is 16.9. The molecule has 2 nitrogen and oxygen atoms in total. The highest BCUT2D eigenvalue weighted by molar-refractivity contribution is 7.84. The highest BCUT2D eigenvalue weighted by Gasteiger charge is 2.29. The van der Waals surface area contributed by atoms with E-state index in [4.69, 9.17) is 0 Å².